The number of carbonyl (C=O) groups is 1. The molecule has 0 saturated heterocycles. The van der Waals surface area contributed by atoms with Crippen molar-refractivity contribution in [2.24, 2.45) is 5.92 Å². The molecule has 0 radical (unpaired) electrons. The first-order valence-electron chi connectivity index (χ1n) is 7.46. The maximum Gasteiger partial charge on any atom is 0.306 e. The normalized spacial score (nSPS) is 27.2. The number of hydrogen-bond acceptors (Lipinski definition) is 5. The third-order valence-electron chi connectivity index (χ3n) is 4.22. The van der Waals surface area contributed by atoms with Crippen LogP contribution in [0.15, 0.2) is 0 Å². The Bertz CT molecular complexity index is 407. The smallest absolute Gasteiger partial charge is 0.306 e. The molecule has 1 aliphatic rings. The van der Waals surface area contributed by atoms with Gasteiger partial charge in [0.25, 0.3) is 0 Å². The monoisotopic (exact) mass is 305 g/mol. The van der Waals surface area contributed by atoms with E-state index in [9.17, 15) is 13.2 Å². The maximum absolute atomic E-state index is 12.5. The lowest BCUT2D eigenvalue weighted by Crippen LogP contribution is -2.48. The molecule has 3 unspecified atom stereocenters. The molecule has 1 fully saturated rings. The average Bonchev–Trinajstić information content (AvgIpc) is 2.45. The number of esters is 1. The second-order valence-electron chi connectivity index (χ2n) is 5.48. The van der Waals surface area contributed by atoms with E-state index < -0.39 is 15.8 Å². The van der Waals surface area contributed by atoms with Crippen LogP contribution in [-0.4, -0.2) is 45.1 Å². The minimum absolute atomic E-state index is 0.0189. The molecule has 0 aromatic heterocycles. The van der Waals surface area contributed by atoms with Gasteiger partial charge >= 0.3 is 5.97 Å². The van der Waals surface area contributed by atoms with Gasteiger partial charge in [0.15, 0.2) is 9.84 Å². The quantitative estimate of drug-likeness (QED) is 0.722. The van der Waals surface area contributed by atoms with Crippen molar-refractivity contribution in [3.05, 3.63) is 0 Å². The highest BCUT2D eigenvalue weighted by Gasteiger charge is 2.38. The summed E-state index contributed by atoms with van der Waals surface area (Å²) in [6.45, 7) is 4.87. The minimum Gasteiger partial charge on any atom is -0.469 e. The van der Waals surface area contributed by atoms with Gasteiger partial charge in [-0.05, 0) is 31.7 Å². The fraction of sp³-hybridized carbons (Fsp3) is 0.929. The molecule has 1 aliphatic carbocycles. The molecule has 0 aliphatic heterocycles. The van der Waals surface area contributed by atoms with Gasteiger partial charge in [-0.2, -0.15) is 0 Å². The first-order chi connectivity index (χ1) is 9.44. The number of hydrogen-bond donors (Lipinski definition) is 1. The molecule has 0 bridgehead atoms. The Hall–Kier alpha value is -0.620. The van der Waals surface area contributed by atoms with E-state index in [1.807, 2.05) is 6.92 Å². The van der Waals surface area contributed by atoms with Crippen molar-refractivity contribution in [1.29, 1.82) is 0 Å². The molecule has 1 N–H and O–H groups in total. The van der Waals surface area contributed by atoms with Gasteiger partial charge in [-0.25, -0.2) is 8.42 Å². The third kappa shape index (κ3) is 4.74. The molecule has 3 atom stereocenters. The third-order valence-corrected chi connectivity index (χ3v) is 6.44. The molecule has 0 spiro atoms. The second-order valence-corrected chi connectivity index (χ2v) is 7.82. The van der Waals surface area contributed by atoms with E-state index >= 15 is 0 Å². The molecule has 118 valence electrons. The van der Waals surface area contributed by atoms with E-state index in [1.54, 1.807) is 0 Å². The number of nitrogens with one attached hydrogen (secondary N) is 1. The lowest BCUT2D eigenvalue weighted by Gasteiger charge is -2.36. The fourth-order valence-corrected chi connectivity index (χ4v) is 5.01. The number of carbonyl (C=O) groups excluding carboxylic acids is 1. The van der Waals surface area contributed by atoms with Crippen molar-refractivity contribution in [1.82, 2.24) is 5.32 Å². The second kappa shape index (κ2) is 7.98. The highest BCUT2D eigenvalue weighted by Crippen LogP contribution is 2.31. The van der Waals surface area contributed by atoms with Crippen LogP contribution in [0.3, 0.4) is 0 Å². The number of sulfone groups is 1. The Morgan fingerprint density at radius 3 is 2.55 bits per heavy atom. The number of rotatable bonds is 7. The summed E-state index contributed by atoms with van der Waals surface area (Å²) in [5.74, 6) is -0.0953. The van der Waals surface area contributed by atoms with E-state index in [-0.39, 0.29) is 23.5 Å². The van der Waals surface area contributed by atoms with Crippen molar-refractivity contribution >= 4 is 15.8 Å². The SMILES string of the molecule is CCNC1CCC(CC)CC1S(=O)(=O)CCC(=O)OC. The van der Waals surface area contributed by atoms with Gasteiger partial charge in [-0.1, -0.05) is 20.3 Å². The van der Waals surface area contributed by atoms with E-state index in [0.717, 1.165) is 25.8 Å². The van der Waals surface area contributed by atoms with Crippen LogP contribution in [0.2, 0.25) is 0 Å². The Kier molecular flexibility index (Phi) is 6.95. The Morgan fingerprint density at radius 1 is 1.30 bits per heavy atom. The highest BCUT2D eigenvalue weighted by atomic mass is 32.2. The molecular formula is C14H27NO4S. The fourth-order valence-electron chi connectivity index (χ4n) is 2.95. The maximum atomic E-state index is 12.5. The first-order valence-corrected chi connectivity index (χ1v) is 9.17. The zero-order valence-electron chi connectivity index (χ0n) is 12.7. The lowest BCUT2D eigenvalue weighted by molar-refractivity contribution is -0.140. The summed E-state index contributed by atoms with van der Waals surface area (Å²) >= 11 is 0. The summed E-state index contributed by atoms with van der Waals surface area (Å²) in [5, 5.41) is 2.92. The largest absolute Gasteiger partial charge is 0.469 e. The van der Waals surface area contributed by atoms with Crippen LogP contribution in [0.5, 0.6) is 0 Å². The molecule has 1 rings (SSSR count). The van der Waals surface area contributed by atoms with Gasteiger partial charge < -0.3 is 10.1 Å². The van der Waals surface area contributed by atoms with E-state index in [0.29, 0.717) is 12.3 Å². The molecule has 5 nitrogen and oxygen atoms in total. The minimum atomic E-state index is -3.27. The standard InChI is InChI=1S/C14H27NO4S/c1-4-11-6-7-12(15-5-2)13(10-11)20(17,18)9-8-14(16)19-3/h11-13,15H,4-10H2,1-3H3. The van der Waals surface area contributed by atoms with Crippen molar-refractivity contribution in [2.45, 2.75) is 57.2 Å². The van der Waals surface area contributed by atoms with Gasteiger partial charge in [-0.15, -0.1) is 0 Å². The van der Waals surface area contributed by atoms with Gasteiger partial charge in [0.05, 0.1) is 24.5 Å². The molecule has 0 aromatic carbocycles. The van der Waals surface area contributed by atoms with Crippen LogP contribution in [0.1, 0.15) is 46.0 Å². The van der Waals surface area contributed by atoms with Crippen molar-refractivity contribution < 1.29 is 17.9 Å². The van der Waals surface area contributed by atoms with Crippen LogP contribution in [-0.2, 0) is 19.4 Å². The van der Waals surface area contributed by atoms with Crippen molar-refractivity contribution in [2.75, 3.05) is 19.4 Å². The Balaban J connectivity index is 2.76. The van der Waals surface area contributed by atoms with Crippen molar-refractivity contribution in [3.8, 4) is 0 Å². The van der Waals surface area contributed by atoms with Gasteiger partial charge in [0, 0.05) is 6.04 Å². The number of ether oxygens (including phenoxy) is 1. The van der Waals surface area contributed by atoms with E-state index in [1.165, 1.54) is 7.11 Å². The van der Waals surface area contributed by atoms with E-state index in [4.69, 9.17) is 0 Å². The lowest BCUT2D eigenvalue weighted by atomic mass is 9.84. The summed E-state index contributed by atoms with van der Waals surface area (Å²) in [6.07, 6.45) is 3.65. The molecule has 6 heteroatoms. The van der Waals surface area contributed by atoms with Crippen LogP contribution in [0, 0.1) is 5.92 Å². The Labute approximate surface area is 122 Å². The highest BCUT2D eigenvalue weighted by molar-refractivity contribution is 7.92. The molecule has 20 heavy (non-hydrogen) atoms. The summed E-state index contributed by atoms with van der Waals surface area (Å²) in [4.78, 5) is 11.2. The number of methoxy groups -OCH3 is 1. The van der Waals surface area contributed by atoms with Gasteiger partial charge in [0.2, 0.25) is 0 Å². The first kappa shape index (κ1) is 17.4. The predicted octanol–water partition coefficient (Wildman–Crippen LogP) is 1.52. The Morgan fingerprint density at radius 2 is 2.00 bits per heavy atom. The van der Waals surface area contributed by atoms with Crippen LogP contribution in [0.25, 0.3) is 0 Å². The molecule has 0 aromatic rings. The van der Waals surface area contributed by atoms with Crippen LogP contribution < -0.4 is 5.32 Å². The topological polar surface area (TPSA) is 72.5 Å². The van der Waals surface area contributed by atoms with Gasteiger partial charge in [-0.3, -0.25) is 4.79 Å². The zero-order chi connectivity index (χ0) is 15.2. The zero-order valence-corrected chi connectivity index (χ0v) is 13.5. The van der Waals surface area contributed by atoms with Gasteiger partial charge in [0.1, 0.15) is 0 Å². The molecule has 1 saturated carbocycles. The summed E-state index contributed by atoms with van der Waals surface area (Å²) in [7, 11) is -1.98. The van der Waals surface area contributed by atoms with E-state index in [2.05, 4.69) is 17.0 Å². The summed E-state index contributed by atoms with van der Waals surface area (Å²) < 4.78 is 29.5. The predicted molar refractivity (Wildman–Crippen MR) is 79.3 cm³/mol. The van der Waals surface area contributed by atoms with Crippen LogP contribution >= 0.6 is 0 Å². The van der Waals surface area contributed by atoms with Crippen molar-refractivity contribution in [3.63, 3.8) is 0 Å². The molecule has 0 heterocycles. The summed E-state index contributed by atoms with van der Waals surface area (Å²) in [6, 6.07) is 0.0189. The van der Waals surface area contributed by atoms with Crippen LogP contribution in [0.4, 0.5) is 0 Å². The molecular weight excluding hydrogens is 278 g/mol. The average molecular weight is 305 g/mol. The summed E-state index contributed by atoms with van der Waals surface area (Å²) in [5.41, 5.74) is 0. The molecule has 0 amide bonds.